The maximum atomic E-state index is 6.46. The third-order valence-corrected chi connectivity index (χ3v) is 6.39. The van der Waals surface area contributed by atoms with Crippen molar-refractivity contribution in [2.24, 2.45) is 17.3 Å². The van der Waals surface area contributed by atoms with Crippen LogP contribution in [0, 0.1) is 17.3 Å². The normalized spacial score (nSPS) is 37.9. The summed E-state index contributed by atoms with van der Waals surface area (Å²) in [7, 11) is 3.42. The third kappa shape index (κ3) is 1.45. The van der Waals surface area contributed by atoms with Gasteiger partial charge in [-0.25, -0.2) is 0 Å². The zero-order valence-corrected chi connectivity index (χ0v) is 13.5. The highest BCUT2D eigenvalue weighted by atomic mass is 16.5. The van der Waals surface area contributed by atoms with E-state index in [1.165, 1.54) is 12.0 Å². The van der Waals surface area contributed by atoms with Gasteiger partial charge in [-0.1, -0.05) is 13.8 Å². The highest BCUT2D eigenvalue weighted by Gasteiger charge is 2.69. The van der Waals surface area contributed by atoms with Crippen LogP contribution in [0.25, 0.3) is 0 Å². The summed E-state index contributed by atoms with van der Waals surface area (Å²) in [6, 6.07) is 4.02. The lowest BCUT2D eigenvalue weighted by Crippen LogP contribution is -2.59. The van der Waals surface area contributed by atoms with Gasteiger partial charge in [0.05, 0.1) is 14.2 Å². The van der Waals surface area contributed by atoms with Crippen molar-refractivity contribution in [3.8, 4) is 17.2 Å². The Bertz CT molecular complexity index is 607. The van der Waals surface area contributed by atoms with Crippen molar-refractivity contribution >= 4 is 0 Å². The number of ether oxygens (including phenoxy) is 3. The lowest BCUT2D eigenvalue weighted by molar-refractivity contribution is -0.121. The molecule has 4 atom stereocenters. The lowest BCUT2D eigenvalue weighted by Gasteiger charge is -2.62. The van der Waals surface area contributed by atoms with Crippen LogP contribution in [0.1, 0.15) is 45.1 Å². The smallest absolute Gasteiger partial charge is 0.131 e. The van der Waals surface area contributed by atoms with Gasteiger partial charge in [-0.05, 0) is 31.1 Å². The summed E-state index contributed by atoms with van der Waals surface area (Å²) in [6.07, 6.45) is 2.43. The van der Waals surface area contributed by atoms with Gasteiger partial charge in [0.1, 0.15) is 22.8 Å². The molecule has 1 aromatic rings. The number of hydrogen-bond donors (Lipinski definition) is 0. The van der Waals surface area contributed by atoms with E-state index < -0.39 is 0 Å². The van der Waals surface area contributed by atoms with E-state index in [1.807, 2.05) is 12.1 Å². The molecule has 0 aromatic heterocycles. The van der Waals surface area contributed by atoms with Crippen LogP contribution in [-0.4, -0.2) is 19.8 Å². The zero-order valence-electron chi connectivity index (χ0n) is 13.5. The Morgan fingerprint density at radius 1 is 1.14 bits per heavy atom. The maximum Gasteiger partial charge on any atom is 0.131 e. The molecule has 2 fully saturated rings. The molecule has 0 amide bonds. The molecule has 3 nitrogen and oxygen atoms in total. The van der Waals surface area contributed by atoms with Crippen molar-refractivity contribution in [1.29, 1.82) is 0 Å². The van der Waals surface area contributed by atoms with Crippen LogP contribution >= 0.6 is 0 Å². The number of benzene rings is 1. The Morgan fingerprint density at radius 3 is 2.57 bits per heavy atom. The Balaban J connectivity index is 1.92. The Morgan fingerprint density at radius 2 is 1.90 bits per heavy atom. The molecule has 1 aliphatic heterocycles. The second kappa shape index (κ2) is 3.88. The summed E-state index contributed by atoms with van der Waals surface area (Å²) < 4.78 is 17.5. The van der Waals surface area contributed by atoms with Gasteiger partial charge >= 0.3 is 0 Å². The van der Waals surface area contributed by atoms with Gasteiger partial charge in [0.25, 0.3) is 0 Å². The van der Waals surface area contributed by atoms with Gasteiger partial charge in [0.2, 0.25) is 0 Å². The van der Waals surface area contributed by atoms with E-state index in [1.54, 1.807) is 14.2 Å². The lowest BCUT2D eigenvalue weighted by atomic mass is 9.45. The van der Waals surface area contributed by atoms with Crippen LogP contribution in [0.5, 0.6) is 17.2 Å². The van der Waals surface area contributed by atoms with Crippen LogP contribution in [0.4, 0.5) is 0 Å². The van der Waals surface area contributed by atoms with E-state index in [0.29, 0.717) is 17.3 Å². The van der Waals surface area contributed by atoms with Crippen molar-refractivity contribution in [3.63, 3.8) is 0 Å². The Kier molecular flexibility index (Phi) is 2.45. The molecule has 4 rings (SSSR count). The quantitative estimate of drug-likeness (QED) is 0.823. The first-order chi connectivity index (χ1) is 9.92. The summed E-state index contributed by atoms with van der Waals surface area (Å²) in [6.45, 7) is 7.10. The van der Waals surface area contributed by atoms with Crippen molar-refractivity contribution in [1.82, 2.24) is 0 Å². The molecule has 114 valence electrons. The molecule has 0 unspecified atom stereocenters. The summed E-state index contributed by atoms with van der Waals surface area (Å²) in [5, 5.41) is 0. The van der Waals surface area contributed by atoms with Gasteiger partial charge in [-0.15, -0.1) is 0 Å². The SMILES string of the molecule is COc1cc(OC)c2c(c1)O[C@@]1(C)CC[C@@H]3[C@H]1[C@H]2C3(C)C. The van der Waals surface area contributed by atoms with Gasteiger partial charge < -0.3 is 14.2 Å². The standard InChI is InChI=1S/C18H24O3/c1-17(2)11-6-7-18(3)15(11)16(17)14-12(20-5)8-10(19-4)9-13(14)21-18/h8-9,11,15-16H,6-7H2,1-5H3/t11-,15+,16+,18+/m1/s1. The molecule has 0 bridgehead atoms. The molecule has 2 saturated carbocycles. The molecule has 1 heterocycles. The monoisotopic (exact) mass is 288 g/mol. The molecule has 0 spiro atoms. The van der Waals surface area contributed by atoms with Crippen LogP contribution in [0.3, 0.4) is 0 Å². The first kappa shape index (κ1) is 13.3. The van der Waals surface area contributed by atoms with E-state index in [4.69, 9.17) is 14.2 Å². The van der Waals surface area contributed by atoms with Gasteiger partial charge in [0.15, 0.2) is 0 Å². The minimum Gasteiger partial charge on any atom is -0.496 e. The largest absolute Gasteiger partial charge is 0.496 e. The van der Waals surface area contributed by atoms with Crippen LogP contribution in [-0.2, 0) is 0 Å². The predicted molar refractivity (Wildman–Crippen MR) is 81.3 cm³/mol. The summed E-state index contributed by atoms with van der Waals surface area (Å²) in [5.74, 6) is 4.60. The molecule has 0 N–H and O–H groups in total. The number of methoxy groups -OCH3 is 2. The average Bonchev–Trinajstić information content (AvgIpc) is 2.79. The number of hydrogen-bond acceptors (Lipinski definition) is 3. The summed E-state index contributed by atoms with van der Waals surface area (Å²) in [5.41, 5.74) is 1.56. The van der Waals surface area contributed by atoms with Crippen molar-refractivity contribution in [2.75, 3.05) is 14.2 Å². The molecule has 3 heteroatoms. The van der Waals surface area contributed by atoms with E-state index in [9.17, 15) is 0 Å². The van der Waals surface area contributed by atoms with Crippen molar-refractivity contribution < 1.29 is 14.2 Å². The molecule has 0 radical (unpaired) electrons. The minimum absolute atomic E-state index is 0.0186. The summed E-state index contributed by atoms with van der Waals surface area (Å²) >= 11 is 0. The molecule has 2 aliphatic carbocycles. The van der Waals surface area contributed by atoms with Crippen LogP contribution in [0.15, 0.2) is 12.1 Å². The first-order valence-corrected chi connectivity index (χ1v) is 7.87. The van der Waals surface area contributed by atoms with E-state index in [0.717, 1.165) is 29.6 Å². The minimum atomic E-state index is -0.0186. The van der Waals surface area contributed by atoms with E-state index in [-0.39, 0.29) is 5.60 Å². The van der Waals surface area contributed by atoms with Crippen LogP contribution in [0.2, 0.25) is 0 Å². The highest BCUT2D eigenvalue weighted by molar-refractivity contribution is 5.57. The first-order valence-electron chi connectivity index (χ1n) is 7.87. The molecular formula is C18H24O3. The third-order valence-electron chi connectivity index (χ3n) is 6.39. The molecule has 21 heavy (non-hydrogen) atoms. The zero-order chi connectivity index (χ0) is 15.0. The summed E-state index contributed by atoms with van der Waals surface area (Å²) in [4.78, 5) is 0. The average molecular weight is 288 g/mol. The number of rotatable bonds is 2. The van der Waals surface area contributed by atoms with Gasteiger partial charge in [0, 0.05) is 29.5 Å². The van der Waals surface area contributed by atoms with Crippen LogP contribution < -0.4 is 14.2 Å². The van der Waals surface area contributed by atoms with Gasteiger partial charge in [-0.3, -0.25) is 0 Å². The second-order valence-corrected chi connectivity index (χ2v) is 7.63. The molecule has 0 saturated heterocycles. The predicted octanol–water partition coefficient (Wildman–Crippen LogP) is 4.00. The molecule has 1 aromatic carbocycles. The molecule has 3 aliphatic rings. The Labute approximate surface area is 126 Å². The van der Waals surface area contributed by atoms with Crippen molar-refractivity contribution in [2.45, 2.75) is 45.1 Å². The fraction of sp³-hybridized carbons (Fsp3) is 0.667. The van der Waals surface area contributed by atoms with E-state index >= 15 is 0 Å². The fourth-order valence-corrected chi connectivity index (χ4v) is 5.38. The fourth-order valence-electron chi connectivity index (χ4n) is 5.38. The van der Waals surface area contributed by atoms with E-state index in [2.05, 4.69) is 20.8 Å². The maximum absolute atomic E-state index is 6.46. The van der Waals surface area contributed by atoms with Gasteiger partial charge in [-0.2, -0.15) is 0 Å². The number of fused-ring (bicyclic) bond motifs is 2. The Hall–Kier alpha value is -1.38. The highest BCUT2D eigenvalue weighted by Crippen LogP contribution is 2.74. The second-order valence-electron chi connectivity index (χ2n) is 7.63. The molecular weight excluding hydrogens is 264 g/mol. The topological polar surface area (TPSA) is 27.7 Å². The van der Waals surface area contributed by atoms with Crippen molar-refractivity contribution in [3.05, 3.63) is 17.7 Å².